The van der Waals surface area contributed by atoms with Crippen LogP contribution in [0, 0.1) is 15.5 Å². The van der Waals surface area contributed by atoms with Crippen LogP contribution in [0.4, 0.5) is 22.7 Å². The van der Waals surface area contributed by atoms with Gasteiger partial charge in [-0.05, 0) is 54.3 Å². The Hall–Kier alpha value is -2.83. The van der Waals surface area contributed by atoms with Gasteiger partial charge in [0.1, 0.15) is 5.69 Å². The molecule has 0 spiro atoms. The fraction of sp³-hybridized carbons (Fsp3) is 0.435. The van der Waals surface area contributed by atoms with Gasteiger partial charge in [-0.15, -0.1) is 10.3 Å². The van der Waals surface area contributed by atoms with E-state index in [9.17, 15) is 23.3 Å². The average molecular weight is 527 g/mol. The van der Waals surface area contributed by atoms with Crippen LogP contribution in [0.3, 0.4) is 0 Å². The minimum Gasteiger partial charge on any atom is -0.377 e. The first-order valence-corrected chi connectivity index (χ1v) is 14.9. The van der Waals surface area contributed by atoms with E-state index in [-0.39, 0.29) is 33.3 Å². The van der Waals surface area contributed by atoms with Gasteiger partial charge >= 0.3 is 0 Å². The van der Waals surface area contributed by atoms with Crippen molar-refractivity contribution in [3.8, 4) is 0 Å². The normalized spacial score (nSPS) is 12.6. The monoisotopic (exact) mass is 526 g/mol. The number of anilines is 3. The Labute approximate surface area is 208 Å². The number of nitrogens with zero attached hydrogens (tertiary/aromatic N) is 1. The van der Waals surface area contributed by atoms with Crippen LogP contribution >= 0.6 is 10.3 Å². The van der Waals surface area contributed by atoms with Crippen molar-refractivity contribution in [3.05, 3.63) is 52.6 Å². The smallest absolute Gasteiger partial charge is 0.294 e. The van der Waals surface area contributed by atoms with Gasteiger partial charge in [-0.3, -0.25) is 19.6 Å². The van der Waals surface area contributed by atoms with E-state index in [0.717, 1.165) is 5.75 Å². The third kappa shape index (κ3) is 9.38. The Morgan fingerprint density at radius 2 is 1.66 bits per heavy atom. The van der Waals surface area contributed by atoms with Crippen molar-refractivity contribution in [1.29, 1.82) is 0 Å². The Balaban J connectivity index is 2.07. The summed E-state index contributed by atoms with van der Waals surface area (Å²) in [6.45, 7) is 8.57. The summed E-state index contributed by atoms with van der Waals surface area (Å²) in [5, 5.41) is 17.2. The van der Waals surface area contributed by atoms with E-state index in [1.54, 1.807) is 0 Å². The fourth-order valence-corrected chi connectivity index (χ4v) is 7.32. The first kappa shape index (κ1) is 28.4. The van der Waals surface area contributed by atoms with Gasteiger partial charge in [0.2, 0.25) is 5.91 Å². The second kappa shape index (κ2) is 11.3. The highest BCUT2D eigenvalue weighted by Crippen LogP contribution is 2.46. The van der Waals surface area contributed by atoms with Crippen molar-refractivity contribution in [2.75, 3.05) is 46.8 Å². The van der Waals surface area contributed by atoms with E-state index in [1.165, 1.54) is 49.4 Å². The number of nitro benzene ring substituents is 1. The molecule has 0 aliphatic rings. The molecule has 0 aromatic heterocycles. The lowest BCUT2D eigenvalue weighted by Gasteiger charge is -2.37. The van der Waals surface area contributed by atoms with E-state index >= 15 is 0 Å². The number of benzene rings is 2. The second-order valence-corrected chi connectivity index (χ2v) is 14.8. The zero-order valence-electron chi connectivity index (χ0n) is 20.9. The maximum absolute atomic E-state index is 12.7. The third-order valence-corrected chi connectivity index (χ3v) is 8.30. The number of carbonyl (C=O) groups excluding carboxylic acids is 1. The number of hydrogen-bond acceptors (Lipinski definition) is 7. The van der Waals surface area contributed by atoms with Gasteiger partial charge in [0, 0.05) is 31.0 Å². The molecule has 0 fully saturated rings. The molecule has 194 valence electrons. The molecule has 3 N–H and O–H groups in total. The molecule has 0 saturated carbocycles. The molecule has 0 bridgehead atoms. The van der Waals surface area contributed by atoms with Crippen molar-refractivity contribution in [3.63, 3.8) is 0 Å². The number of sulfonamides is 1. The van der Waals surface area contributed by atoms with Crippen LogP contribution < -0.4 is 15.4 Å². The lowest BCUT2D eigenvalue weighted by Crippen LogP contribution is -2.21. The molecule has 0 aliphatic carbocycles. The summed E-state index contributed by atoms with van der Waals surface area (Å²) in [5.41, 5.74) is 0.661. The summed E-state index contributed by atoms with van der Waals surface area (Å²) >= 11 is 0. The highest BCUT2D eigenvalue weighted by Gasteiger charge is 2.22. The van der Waals surface area contributed by atoms with Gasteiger partial charge in [0.25, 0.3) is 15.7 Å². The summed E-state index contributed by atoms with van der Waals surface area (Å²) in [7, 11) is -5.24. The van der Waals surface area contributed by atoms with E-state index in [4.69, 9.17) is 4.18 Å². The summed E-state index contributed by atoms with van der Waals surface area (Å²) in [4.78, 5) is 22.1. The molecule has 2 aromatic rings. The van der Waals surface area contributed by atoms with Gasteiger partial charge in [-0.25, -0.2) is 8.42 Å². The van der Waals surface area contributed by atoms with Crippen LogP contribution in [-0.4, -0.2) is 50.7 Å². The minimum absolute atomic E-state index is 0.0472. The van der Waals surface area contributed by atoms with Crippen molar-refractivity contribution >= 4 is 49.0 Å². The topological polar surface area (TPSA) is 140 Å². The predicted molar refractivity (Wildman–Crippen MR) is 143 cm³/mol. The summed E-state index contributed by atoms with van der Waals surface area (Å²) in [6, 6.07) is 9.66. The highest BCUT2D eigenvalue weighted by molar-refractivity contribution is 8.28. The zero-order valence-corrected chi connectivity index (χ0v) is 22.5. The van der Waals surface area contributed by atoms with Crippen LogP contribution in [0.2, 0.25) is 0 Å². The maximum Gasteiger partial charge on any atom is 0.294 e. The number of nitro groups is 1. The molecular formula is C23H34N4O6S2. The Kier molecular flexibility index (Phi) is 9.15. The molecule has 0 heterocycles. The van der Waals surface area contributed by atoms with Crippen molar-refractivity contribution in [2.45, 2.75) is 32.6 Å². The largest absolute Gasteiger partial charge is 0.377 e. The van der Waals surface area contributed by atoms with Crippen LogP contribution in [0.5, 0.6) is 0 Å². The molecule has 10 nitrogen and oxygen atoms in total. The molecule has 12 heteroatoms. The molecule has 1 amide bonds. The SMILES string of the molecule is CC(=O)Nc1ccc(S(=O)(=O)Nc2ccc(NCCOS(C)(C)CC(C)(C)C)c([N+](=O)[O-])c2)cc1. The van der Waals surface area contributed by atoms with Crippen LogP contribution in [-0.2, 0) is 19.0 Å². The first-order chi connectivity index (χ1) is 16.1. The number of rotatable bonds is 11. The van der Waals surface area contributed by atoms with E-state index in [1.807, 2.05) is 0 Å². The quantitative estimate of drug-likeness (QED) is 0.217. The Bertz CT molecular complexity index is 1160. The Morgan fingerprint density at radius 3 is 2.20 bits per heavy atom. The van der Waals surface area contributed by atoms with Crippen LogP contribution in [0.15, 0.2) is 47.4 Å². The number of hydrogen-bond donors (Lipinski definition) is 3. The van der Waals surface area contributed by atoms with Gasteiger partial charge in [-0.1, -0.05) is 20.8 Å². The maximum atomic E-state index is 12.7. The number of carbonyl (C=O) groups is 1. The zero-order chi connectivity index (χ0) is 26.4. The summed E-state index contributed by atoms with van der Waals surface area (Å²) in [5.74, 6) is 0.659. The molecular weight excluding hydrogens is 492 g/mol. The van der Waals surface area contributed by atoms with Crippen molar-refractivity contribution in [2.24, 2.45) is 5.41 Å². The summed E-state index contributed by atoms with van der Waals surface area (Å²) < 4.78 is 33.8. The molecule has 35 heavy (non-hydrogen) atoms. The van der Waals surface area contributed by atoms with E-state index in [2.05, 4.69) is 48.6 Å². The summed E-state index contributed by atoms with van der Waals surface area (Å²) in [6.07, 6.45) is 4.18. The molecule has 2 aromatic carbocycles. The van der Waals surface area contributed by atoms with Crippen molar-refractivity contribution in [1.82, 2.24) is 0 Å². The van der Waals surface area contributed by atoms with Crippen LogP contribution in [0.1, 0.15) is 27.7 Å². The Morgan fingerprint density at radius 1 is 1.06 bits per heavy atom. The highest BCUT2D eigenvalue weighted by atomic mass is 32.3. The van der Waals surface area contributed by atoms with E-state index < -0.39 is 25.3 Å². The predicted octanol–water partition coefficient (Wildman–Crippen LogP) is 4.81. The molecule has 0 unspecified atom stereocenters. The molecule has 2 rings (SSSR count). The molecule has 0 aliphatic heterocycles. The fourth-order valence-electron chi connectivity index (χ4n) is 3.57. The minimum atomic E-state index is -3.99. The number of nitrogens with one attached hydrogen (secondary N) is 3. The standard InChI is InChI=1S/C23H34N4O6S2/c1-17(28)25-18-7-10-20(11-8-18)35(31,32)26-19-9-12-21(22(15-19)27(29)30)24-13-14-33-34(5,6)16-23(2,3)4/h7-12,15,24,26H,13-14,16H2,1-6H3,(H,25,28). The third-order valence-electron chi connectivity index (χ3n) is 4.53. The molecule has 0 saturated heterocycles. The lowest BCUT2D eigenvalue weighted by atomic mass is 10.0. The number of amides is 1. The lowest BCUT2D eigenvalue weighted by molar-refractivity contribution is -0.383. The van der Waals surface area contributed by atoms with Gasteiger partial charge in [0.05, 0.1) is 22.1 Å². The van der Waals surface area contributed by atoms with Crippen LogP contribution in [0.25, 0.3) is 0 Å². The second-order valence-electron chi connectivity index (χ2n) is 9.69. The molecule has 0 atom stereocenters. The van der Waals surface area contributed by atoms with Gasteiger partial charge in [-0.2, -0.15) is 0 Å². The van der Waals surface area contributed by atoms with Crippen molar-refractivity contribution < 1.29 is 22.3 Å². The van der Waals surface area contributed by atoms with Gasteiger partial charge in [0.15, 0.2) is 0 Å². The average Bonchev–Trinajstić information content (AvgIpc) is 2.69. The first-order valence-electron chi connectivity index (χ1n) is 10.9. The molecule has 0 radical (unpaired) electrons. The van der Waals surface area contributed by atoms with Gasteiger partial charge < -0.3 is 14.8 Å². The van der Waals surface area contributed by atoms with E-state index in [0.29, 0.717) is 18.8 Å².